The number of hydrogen-bond donors (Lipinski definition) is 1. The van der Waals surface area contributed by atoms with Crippen molar-refractivity contribution < 1.29 is 8.78 Å². The minimum Gasteiger partial charge on any atom is -0.323 e. The Kier molecular flexibility index (Phi) is 5.88. The minimum atomic E-state index is -0.571. The first-order valence-corrected chi connectivity index (χ1v) is 6.59. The average molecular weight is 260 g/mol. The Hall–Kier alpha value is -0.650. The Balaban J connectivity index is 2.44. The maximum Gasteiger partial charge on any atom is 0.130 e. The third-order valence-corrected chi connectivity index (χ3v) is 3.41. The molecular weight excluding hydrogens is 242 g/mol. The van der Waals surface area contributed by atoms with Gasteiger partial charge in [-0.15, -0.1) is 0 Å². The zero-order valence-corrected chi connectivity index (χ0v) is 10.9. The fourth-order valence-electron chi connectivity index (χ4n) is 1.35. The molecule has 1 aromatic carbocycles. The Morgan fingerprint density at radius 3 is 2.65 bits per heavy atom. The molecule has 0 aliphatic heterocycles. The van der Waals surface area contributed by atoms with Crippen molar-refractivity contribution in [3.8, 4) is 0 Å². The topological polar surface area (TPSA) is 29.3 Å². The van der Waals surface area contributed by atoms with Crippen molar-refractivity contribution in [3.05, 3.63) is 35.4 Å². The lowest BCUT2D eigenvalue weighted by molar-refractivity contribution is 0.437. The Morgan fingerprint density at radius 1 is 1.35 bits per heavy atom. The Morgan fingerprint density at radius 2 is 2.06 bits per heavy atom. The summed E-state index contributed by atoms with van der Waals surface area (Å²) in [5, 5.41) is 0. The number of halogens is 2. The fraction of sp³-hybridized carbons (Fsp3) is 0.500. The second kappa shape index (κ2) is 6.93. The molecule has 2 nitrogen and oxygen atoms in total. The predicted octanol–water partition coefficient (Wildman–Crippen LogP) is 2.26. The monoisotopic (exact) mass is 260 g/mol. The zero-order valence-electron chi connectivity index (χ0n) is 10.1. The lowest BCUT2D eigenvalue weighted by atomic mass is 10.1. The molecule has 0 aliphatic rings. The average Bonchev–Trinajstić information content (AvgIpc) is 2.23. The van der Waals surface area contributed by atoms with E-state index in [1.54, 1.807) is 11.8 Å². The number of benzene rings is 1. The van der Waals surface area contributed by atoms with E-state index in [0.29, 0.717) is 11.3 Å². The van der Waals surface area contributed by atoms with E-state index in [9.17, 15) is 8.78 Å². The van der Waals surface area contributed by atoms with Crippen LogP contribution in [0, 0.1) is 11.6 Å². The van der Waals surface area contributed by atoms with Gasteiger partial charge in [0.2, 0.25) is 0 Å². The van der Waals surface area contributed by atoms with Crippen LogP contribution in [0.3, 0.4) is 0 Å². The molecule has 17 heavy (non-hydrogen) atoms. The van der Waals surface area contributed by atoms with Crippen molar-refractivity contribution in [2.45, 2.75) is 6.04 Å². The molecule has 0 bridgehead atoms. The molecule has 1 unspecified atom stereocenters. The summed E-state index contributed by atoms with van der Waals surface area (Å²) in [4.78, 5) is 2.08. The first-order valence-electron chi connectivity index (χ1n) is 5.43. The maximum atomic E-state index is 13.4. The first-order chi connectivity index (χ1) is 8.00. The summed E-state index contributed by atoms with van der Waals surface area (Å²) in [5.74, 6) is 0.448. The third-order valence-electron chi connectivity index (χ3n) is 2.34. The standard InChI is InChI=1S/C12H18F2N2S/c1-16(2)5-6-17-8-12(15)10-4-3-9(13)7-11(10)14/h3-4,7,12H,5-6,8,15H2,1-2H3. The molecule has 0 spiro atoms. The molecule has 0 saturated heterocycles. The molecule has 0 fully saturated rings. The van der Waals surface area contributed by atoms with Gasteiger partial charge >= 0.3 is 0 Å². The molecular formula is C12H18F2N2S. The quantitative estimate of drug-likeness (QED) is 0.796. The molecule has 0 aliphatic carbocycles. The highest BCUT2D eigenvalue weighted by atomic mass is 32.2. The Bertz CT molecular complexity index is 358. The van der Waals surface area contributed by atoms with Crippen molar-refractivity contribution in [2.24, 2.45) is 5.73 Å². The summed E-state index contributed by atoms with van der Waals surface area (Å²) in [6, 6.07) is 3.15. The van der Waals surface area contributed by atoms with Gasteiger partial charge in [0.15, 0.2) is 0 Å². The number of nitrogens with two attached hydrogens (primary N) is 1. The van der Waals surface area contributed by atoms with Gasteiger partial charge in [0, 0.05) is 35.7 Å². The van der Waals surface area contributed by atoms with Crippen molar-refractivity contribution in [2.75, 3.05) is 32.1 Å². The van der Waals surface area contributed by atoms with Crippen LogP contribution in [0.5, 0.6) is 0 Å². The SMILES string of the molecule is CN(C)CCSCC(N)c1ccc(F)cc1F. The Labute approximate surface area is 105 Å². The van der Waals surface area contributed by atoms with Crippen molar-refractivity contribution in [3.63, 3.8) is 0 Å². The van der Waals surface area contributed by atoms with Crippen LogP contribution in [0.1, 0.15) is 11.6 Å². The van der Waals surface area contributed by atoms with Crippen LogP contribution in [0.2, 0.25) is 0 Å². The third kappa shape index (κ3) is 5.02. The van der Waals surface area contributed by atoms with E-state index in [0.717, 1.165) is 18.4 Å². The molecule has 0 saturated carbocycles. The van der Waals surface area contributed by atoms with Gasteiger partial charge in [-0.2, -0.15) is 11.8 Å². The van der Waals surface area contributed by atoms with Crippen molar-refractivity contribution >= 4 is 11.8 Å². The van der Waals surface area contributed by atoms with Gasteiger partial charge in [-0.1, -0.05) is 6.07 Å². The van der Waals surface area contributed by atoms with Gasteiger partial charge < -0.3 is 10.6 Å². The van der Waals surface area contributed by atoms with E-state index < -0.39 is 11.6 Å². The number of nitrogens with zero attached hydrogens (tertiary/aromatic N) is 1. The second-order valence-electron chi connectivity index (χ2n) is 4.15. The van der Waals surface area contributed by atoms with Gasteiger partial charge in [-0.05, 0) is 20.2 Å². The van der Waals surface area contributed by atoms with E-state index in [2.05, 4.69) is 4.90 Å². The molecule has 5 heteroatoms. The van der Waals surface area contributed by atoms with Crippen LogP contribution >= 0.6 is 11.8 Å². The lowest BCUT2D eigenvalue weighted by Gasteiger charge is -2.14. The summed E-state index contributed by atoms with van der Waals surface area (Å²) >= 11 is 1.67. The van der Waals surface area contributed by atoms with Gasteiger partial charge in [0.05, 0.1) is 0 Å². The summed E-state index contributed by atoms with van der Waals surface area (Å²) in [6.07, 6.45) is 0. The molecule has 0 amide bonds. The van der Waals surface area contributed by atoms with E-state index in [-0.39, 0.29) is 6.04 Å². The molecule has 2 N–H and O–H groups in total. The minimum absolute atomic E-state index is 0.378. The van der Waals surface area contributed by atoms with Gasteiger partial charge in [-0.3, -0.25) is 0 Å². The molecule has 1 atom stereocenters. The van der Waals surface area contributed by atoms with Gasteiger partial charge in [-0.25, -0.2) is 8.78 Å². The molecule has 1 rings (SSSR count). The van der Waals surface area contributed by atoms with Crippen molar-refractivity contribution in [1.29, 1.82) is 0 Å². The van der Waals surface area contributed by atoms with Crippen molar-refractivity contribution in [1.82, 2.24) is 4.90 Å². The van der Waals surface area contributed by atoms with Gasteiger partial charge in [0.25, 0.3) is 0 Å². The summed E-state index contributed by atoms with van der Waals surface area (Å²) < 4.78 is 26.1. The largest absolute Gasteiger partial charge is 0.323 e. The molecule has 0 heterocycles. The van der Waals surface area contributed by atoms with Crippen LogP contribution in [0.15, 0.2) is 18.2 Å². The first kappa shape index (κ1) is 14.4. The fourth-order valence-corrected chi connectivity index (χ4v) is 2.44. The molecule has 1 aromatic rings. The highest BCUT2D eigenvalue weighted by Crippen LogP contribution is 2.19. The summed E-state index contributed by atoms with van der Waals surface area (Å²) in [7, 11) is 4.00. The van der Waals surface area contributed by atoms with Gasteiger partial charge in [0.1, 0.15) is 11.6 Å². The van der Waals surface area contributed by atoms with Crippen LogP contribution in [-0.4, -0.2) is 37.0 Å². The van der Waals surface area contributed by atoms with E-state index >= 15 is 0 Å². The number of thioether (sulfide) groups is 1. The molecule has 96 valence electrons. The highest BCUT2D eigenvalue weighted by molar-refractivity contribution is 7.99. The summed E-state index contributed by atoms with van der Waals surface area (Å²) in [5.41, 5.74) is 6.24. The van der Waals surface area contributed by atoms with E-state index in [1.807, 2.05) is 14.1 Å². The van der Waals surface area contributed by atoms with Crippen LogP contribution in [-0.2, 0) is 0 Å². The zero-order chi connectivity index (χ0) is 12.8. The normalized spacial score (nSPS) is 13.1. The van der Waals surface area contributed by atoms with Crippen LogP contribution in [0.4, 0.5) is 8.78 Å². The second-order valence-corrected chi connectivity index (χ2v) is 5.30. The summed E-state index contributed by atoms with van der Waals surface area (Å²) in [6.45, 7) is 0.962. The van der Waals surface area contributed by atoms with E-state index in [1.165, 1.54) is 12.1 Å². The highest BCUT2D eigenvalue weighted by Gasteiger charge is 2.12. The van der Waals surface area contributed by atoms with Crippen LogP contribution in [0.25, 0.3) is 0 Å². The number of rotatable bonds is 6. The van der Waals surface area contributed by atoms with Crippen LogP contribution < -0.4 is 5.73 Å². The lowest BCUT2D eigenvalue weighted by Crippen LogP contribution is -2.18. The van der Waals surface area contributed by atoms with E-state index in [4.69, 9.17) is 5.73 Å². The molecule has 0 aromatic heterocycles. The molecule has 0 radical (unpaired) electrons. The maximum absolute atomic E-state index is 13.4. The predicted molar refractivity (Wildman–Crippen MR) is 69.2 cm³/mol. The number of hydrogen-bond acceptors (Lipinski definition) is 3. The smallest absolute Gasteiger partial charge is 0.130 e.